The van der Waals surface area contributed by atoms with Crippen LogP contribution < -0.4 is 5.32 Å². The first-order valence-corrected chi connectivity index (χ1v) is 5.81. The smallest absolute Gasteiger partial charge is 0.408 e. The molecule has 0 aliphatic carbocycles. The lowest BCUT2D eigenvalue weighted by Gasteiger charge is -2.19. The van der Waals surface area contributed by atoms with Crippen molar-refractivity contribution in [3.05, 3.63) is 29.3 Å². The number of aromatic nitrogens is 1. The zero-order valence-electron chi connectivity index (χ0n) is 11.4. The van der Waals surface area contributed by atoms with Gasteiger partial charge in [0.25, 0.3) is 0 Å². The molecule has 1 aromatic rings. The van der Waals surface area contributed by atoms with Crippen LogP contribution in [0.25, 0.3) is 0 Å². The molecule has 1 heterocycles. The highest BCUT2D eigenvalue weighted by atomic mass is 19.1. The van der Waals surface area contributed by atoms with Gasteiger partial charge in [0.05, 0.1) is 12.7 Å². The number of alkyl carbamates (subject to hydrolysis) is 1. The van der Waals surface area contributed by atoms with Gasteiger partial charge in [-0.25, -0.2) is 14.2 Å². The van der Waals surface area contributed by atoms with Gasteiger partial charge in [-0.05, 0) is 39.3 Å². The molecular formula is C13H17FN2O3. The zero-order chi connectivity index (χ0) is 14.6. The van der Waals surface area contributed by atoms with Gasteiger partial charge >= 0.3 is 6.09 Å². The molecule has 0 spiro atoms. The van der Waals surface area contributed by atoms with Crippen LogP contribution in [-0.2, 0) is 4.74 Å². The Balaban J connectivity index is 2.56. The van der Waals surface area contributed by atoms with Crippen molar-refractivity contribution in [3.8, 4) is 0 Å². The summed E-state index contributed by atoms with van der Waals surface area (Å²) in [5.41, 5.74) is -0.191. The van der Waals surface area contributed by atoms with E-state index in [1.807, 2.05) is 0 Å². The topological polar surface area (TPSA) is 68.3 Å². The lowest BCUT2D eigenvalue weighted by Crippen LogP contribution is -2.35. The van der Waals surface area contributed by atoms with Crippen molar-refractivity contribution >= 4 is 11.9 Å². The quantitative estimate of drug-likeness (QED) is 0.854. The molecule has 0 aliphatic rings. The van der Waals surface area contributed by atoms with Crippen LogP contribution in [0.1, 0.15) is 36.8 Å². The van der Waals surface area contributed by atoms with E-state index in [2.05, 4.69) is 10.3 Å². The number of carbonyl (C=O) groups excluding carboxylic acids is 2. The molecule has 0 radical (unpaired) electrons. The van der Waals surface area contributed by atoms with Gasteiger partial charge in [0, 0.05) is 0 Å². The van der Waals surface area contributed by atoms with Crippen LogP contribution >= 0.6 is 0 Å². The monoisotopic (exact) mass is 268 g/mol. The van der Waals surface area contributed by atoms with Crippen LogP contribution in [0.4, 0.5) is 9.18 Å². The first kappa shape index (κ1) is 15.1. The molecule has 0 unspecified atom stereocenters. The number of aryl methyl sites for hydroxylation is 1. The van der Waals surface area contributed by atoms with Crippen LogP contribution in [0.3, 0.4) is 0 Å². The van der Waals surface area contributed by atoms with Crippen molar-refractivity contribution in [2.75, 3.05) is 6.54 Å². The van der Waals surface area contributed by atoms with E-state index in [-0.39, 0.29) is 12.2 Å². The maximum absolute atomic E-state index is 13.0. The Kier molecular flexibility index (Phi) is 4.58. The molecule has 19 heavy (non-hydrogen) atoms. The van der Waals surface area contributed by atoms with Crippen molar-refractivity contribution < 1.29 is 18.7 Å². The summed E-state index contributed by atoms with van der Waals surface area (Å²) in [6, 6.07) is 1.34. The number of hydrogen-bond acceptors (Lipinski definition) is 4. The maximum atomic E-state index is 13.0. The van der Waals surface area contributed by atoms with E-state index < -0.39 is 23.3 Å². The highest BCUT2D eigenvalue weighted by Crippen LogP contribution is 2.08. The number of Topliss-reactive ketones (excluding diaryl/α,β-unsaturated/α-hetero) is 1. The number of nitrogens with one attached hydrogen (secondary N) is 1. The molecule has 0 fully saturated rings. The summed E-state index contributed by atoms with van der Waals surface area (Å²) in [6.07, 6.45) is 0.301. The normalized spacial score (nSPS) is 11.0. The van der Waals surface area contributed by atoms with Gasteiger partial charge in [0.15, 0.2) is 5.78 Å². The lowest BCUT2D eigenvalue weighted by atomic mass is 10.2. The summed E-state index contributed by atoms with van der Waals surface area (Å²) in [6.45, 7) is 6.46. The lowest BCUT2D eigenvalue weighted by molar-refractivity contribution is 0.0520. The fourth-order valence-corrected chi connectivity index (χ4v) is 1.25. The molecule has 1 aromatic heterocycles. The number of ether oxygens (including phenoxy) is 1. The summed E-state index contributed by atoms with van der Waals surface area (Å²) in [5.74, 6) is -0.884. The fourth-order valence-electron chi connectivity index (χ4n) is 1.25. The van der Waals surface area contributed by atoms with Gasteiger partial charge in [0.1, 0.15) is 17.1 Å². The van der Waals surface area contributed by atoms with Crippen molar-refractivity contribution in [2.45, 2.75) is 33.3 Å². The van der Waals surface area contributed by atoms with Crippen LogP contribution in [0.2, 0.25) is 0 Å². The van der Waals surface area contributed by atoms with Crippen LogP contribution in [0.5, 0.6) is 0 Å². The molecule has 5 nitrogen and oxygen atoms in total. The van der Waals surface area contributed by atoms with Gasteiger partial charge in [-0.3, -0.25) is 4.79 Å². The Bertz CT molecular complexity index is 495. The van der Waals surface area contributed by atoms with Crippen LogP contribution in [0.15, 0.2) is 12.3 Å². The van der Waals surface area contributed by atoms with E-state index in [0.717, 1.165) is 6.20 Å². The minimum Gasteiger partial charge on any atom is -0.444 e. The minimum atomic E-state index is -0.681. The number of carbonyl (C=O) groups is 2. The van der Waals surface area contributed by atoms with E-state index in [1.165, 1.54) is 13.0 Å². The van der Waals surface area contributed by atoms with E-state index in [4.69, 9.17) is 4.74 Å². The van der Waals surface area contributed by atoms with Crippen LogP contribution in [0, 0.1) is 12.7 Å². The van der Waals surface area contributed by atoms with Crippen molar-refractivity contribution in [3.63, 3.8) is 0 Å². The summed E-state index contributed by atoms with van der Waals surface area (Å²) in [4.78, 5) is 26.7. The third-order valence-electron chi connectivity index (χ3n) is 2.12. The molecule has 1 rings (SSSR count). The molecule has 6 heteroatoms. The number of nitrogens with zero attached hydrogens (tertiary/aromatic N) is 1. The summed E-state index contributed by atoms with van der Waals surface area (Å²) < 4.78 is 18.0. The molecule has 0 aromatic carbocycles. The average molecular weight is 268 g/mol. The van der Waals surface area contributed by atoms with Crippen molar-refractivity contribution in [1.82, 2.24) is 10.3 Å². The molecule has 0 aliphatic heterocycles. The van der Waals surface area contributed by atoms with E-state index in [9.17, 15) is 14.0 Å². The number of halogens is 1. The number of hydrogen-bond donors (Lipinski definition) is 1. The maximum Gasteiger partial charge on any atom is 0.408 e. The Hall–Kier alpha value is -1.98. The van der Waals surface area contributed by atoms with Gasteiger partial charge in [0.2, 0.25) is 0 Å². The molecule has 0 saturated heterocycles. The molecule has 1 N–H and O–H groups in total. The third-order valence-corrected chi connectivity index (χ3v) is 2.12. The Morgan fingerprint density at radius 1 is 1.42 bits per heavy atom. The standard InChI is InChI=1S/C13H17FN2O3/c1-8-5-10(15-6-9(8)14)11(17)7-16-12(18)19-13(2,3)4/h5-6H,7H2,1-4H3,(H,16,18). The van der Waals surface area contributed by atoms with Gasteiger partial charge < -0.3 is 10.1 Å². The Morgan fingerprint density at radius 2 is 2.05 bits per heavy atom. The molecule has 104 valence electrons. The molecule has 0 bridgehead atoms. The number of ketones is 1. The first-order valence-electron chi connectivity index (χ1n) is 5.81. The first-order chi connectivity index (χ1) is 8.69. The summed E-state index contributed by atoms with van der Waals surface area (Å²) in [5, 5.41) is 2.33. The SMILES string of the molecule is Cc1cc(C(=O)CNC(=O)OC(C)(C)C)ncc1F. The van der Waals surface area contributed by atoms with Crippen molar-refractivity contribution in [1.29, 1.82) is 0 Å². The predicted octanol–water partition coefficient (Wildman–Crippen LogP) is 2.24. The van der Waals surface area contributed by atoms with E-state index in [0.29, 0.717) is 5.56 Å². The fraction of sp³-hybridized carbons (Fsp3) is 0.462. The summed E-state index contributed by atoms with van der Waals surface area (Å²) >= 11 is 0. The van der Waals surface area contributed by atoms with E-state index in [1.54, 1.807) is 20.8 Å². The van der Waals surface area contributed by atoms with Gasteiger partial charge in [-0.1, -0.05) is 0 Å². The highest BCUT2D eigenvalue weighted by Gasteiger charge is 2.17. The highest BCUT2D eigenvalue weighted by molar-refractivity contribution is 5.97. The van der Waals surface area contributed by atoms with E-state index >= 15 is 0 Å². The largest absolute Gasteiger partial charge is 0.444 e. The van der Waals surface area contributed by atoms with Crippen molar-refractivity contribution in [2.24, 2.45) is 0 Å². The van der Waals surface area contributed by atoms with Gasteiger partial charge in [-0.2, -0.15) is 0 Å². The predicted molar refractivity (Wildman–Crippen MR) is 67.5 cm³/mol. The second-order valence-corrected chi connectivity index (χ2v) is 5.10. The Morgan fingerprint density at radius 3 is 2.58 bits per heavy atom. The molecule has 1 amide bonds. The summed E-state index contributed by atoms with van der Waals surface area (Å²) in [7, 11) is 0. The Labute approximate surface area is 111 Å². The average Bonchev–Trinajstić information content (AvgIpc) is 2.27. The molecule has 0 atom stereocenters. The number of amides is 1. The number of pyridine rings is 1. The number of rotatable bonds is 3. The third kappa shape index (κ3) is 5.03. The second-order valence-electron chi connectivity index (χ2n) is 5.10. The van der Waals surface area contributed by atoms with Crippen LogP contribution in [-0.4, -0.2) is 29.0 Å². The molecular weight excluding hydrogens is 251 g/mol. The second kappa shape index (κ2) is 5.77. The minimum absolute atomic E-state index is 0.106. The molecule has 0 saturated carbocycles. The zero-order valence-corrected chi connectivity index (χ0v) is 11.4. The van der Waals surface area contributed by atoms with Gasteiger partial charge in [-0.15, -0.1) is 0 Å².